The topological polar surface area (TPSA) is 85.8 Å². The summed E-state index contributed by atoms with van der Waals surface area (Å²) in [6, 6.07) is 0. The van der Waals surface area contributed by atoms with E-state index in [1.807, 2.05) is 0 Å². The van der Waals surface area contributed by atoms with Crippen molar-refractivity contribution in [2.24, 2.45) is 7.05 Å². The first kappa shape index (κ1) is 10.3. The molecule has 2 aromatic rings. The summed E-state index contributed by atoms with van der Waals surface area (Å²) in [5, 5.41) is 6.58. The summed E-state index contributed by atoms with van der Waals surface area (Å²) < 4.78 is 6.05. The first-order valence-electron chi connectivity index (χ1n) is 4.78. The molecule has 1 N–H and O–H groups in total. The molecule has 0 saturated carbocycles. The Balaban J connectivity index is 1.95. The van der Waals surface area contributed by atoms with Gasteiger partial charge in [0, 0.05) is 32.4 Å². The number of aryl methyl sites for hydroxylation is 1. The minimum atomic E-state index is -0.157. The van der Waals surface area contributed by atoms with Gasteiger partial charge in [-0.3, -0.25) is 4.79 Å². The van der Waals surface area contributed by atoms with Gasteiger partial charge in [-0.25, -0.2) is 4.98 Å². The second-order valence-corrected chi connectivity index (χ2v) is 3.22. The number of rotatable bonds is 4. The third-order valence-electron chi connectivity index (χ3n) is 2.06. The van der Waals surface area contributed by atoms with Crippen LogP contribution in [0.3, 0.4) is 0 Å². The molecule has 16 heavy (non-hydrogen) atoms. The number of hydrogen-bond donors (Lipinski definition) is 1. The molecular weight excluding hydrogens is 210 g/mol. The molecule has 0 bridgehead atoms. The summed E-state index contributed by atoms with van der Waals surface area (Å²) in [4.78, 5) is 19.4. The van der Waals surface area contributed by atoms with E-state index in [1.54, 1.807) is 19.4 Å². The highest BCUT2D eigenvalue weighted by Crippen LogP contribution is 1.94. The van der Waals surface area contributed by atoms with Gasteiger partial charge in [-0.1, -0.05) is 5.16 Å². The molecule has 0 fully saturated rings. The van der Waals surface area contributed by atoms with Crippen molar-refractivity contribution >= 4 is 5.82 Å². The largest absolute Gasteiger partial charge is 0.365 e. The van der Waals surface area contributed by atoms with Crippen molar-refractivity contribution in [1.82, 2.24) is 19.7 Å². The minimum Gasteiger partial charge on any atom is -0.365 e. The Hall–Kier alpha value is -2.18. The normalized spacial score (nSPS) is 10.3. The molecule has 7 heteroatoms. The lowest BCUT2D eigenvalue weighted by atomic mass is 10.4. The summed E-state index contributed by atoms with van der Waals surface area (Å²) in [6.45, 7) is 0.534. The summed E-state index contributed by atoms with van der Waals surface area (Å²) >= 11 is 0. The van der Waals surface area contributed by atoms with E-state index in [9.17, 15) is 4.79 Å². The zero-order valence-corrected chi connectivity index (χ0v) is 8.75. The quantitative estimate of drug-likeness (QED) is 0.770. The highest BCUT2D eigenvalue weighted by molar-refractivity contribution is 5.30. The van der Waals surface area contributed by atoms with Gasteiger partial charge in [0.25, 0.3) is 5.56 Å². The molecule has 2 aromatic heterocycles. The van der Waals surface area contributed by atoms with Crippen molar-refractivity contribution in [3.05, 3.63) is 35.0 Å². The summed E-state index contributed by atoms with van der Waals surface area (Å²) in [5.74, 6) is 0.925. The van der Waals surface area contributed by atoms with Crippen LogP contribution in [-0.2, 0) is 13.5 Å². The van der Waals surface area contributed by atoms with Gasteiger partial charge in [0.2, 0.25) is 6.39 Å². The zero-order valence-electron chi connectivity index (χ0n) is 8.75. The van der Waals surface area contributed by atoms with Crippen LogP contribution in [0.15, 0.2) is 28.1 Å². The van der Waals surface area contributed by atoms with Crippen LogP contribution in [0.5, 0.6) is 0 Å². The maximum Gasteiger partial charge on any atom is 0.293 e. The smallest absolute Gasteiger partial charge is 0.293 e. The van der Waals surface area contributed by atoms with Gasteiger partial charge in [0.15, 0.2) is 11.6 Å². The first-order chi connectivity index (χ1) is 7.77. The zero-order chi connectivity index (χ0) is 11.4. The summed E-state index contributed by atoms with van der Waals surface area (Å²) in [5.41, 5.74) is -0.157. The first-order valence-corrected chi connectivity index (χ1v) is 4.78. The van der Waals surface area contributed by atoms with Crippen LogP contribution in [0, 0.1) is 0 Å². The van der Waals surface area contributed by atoms with E-state index in [0.29, 0.717) is 24.6 Å². The monoisotopic (exact) mass is 221 g/mol. The van der Waals surface area contributed by atoms with E-state index < -0.39 is 0 Å². The van der Waals surface area contributed by atoms with Crippen LogP contribution in [0.4, 0.5) is 5.82 Å². The highest BCUT2D eigenvalue weighted by atomic mass is 16.5. The standard InChI is InChI=1S/C9H11N5O2/c1-14-5-4-11-8(9(14)15)10-3-2-7-12-6-16-13-7/h4-6H,2-3H2,1H3,(H,10,11). The Morgan fingerprint density at radius 1 is 1.50 bits per heavy atom. The van der Waals surface area contributed by atoms with Crippen molar-refractivity contribution < 1.29 is 4.52 Å². The van der Waals surface area contributed by atoms with Crippen molar-refractivity contribution in [2.45, 2.75) is 6.42 Å². The third kappa shape index (κ3) is 2.25. The molecule has 2 heterocycles. The average molecular weight is 221 g/mol. The van der Waals surface area contributed by atoms with Crippen LogP contribution in [0.1, 0.15) is 5.82 Å². The van der Waals surface area contributed by atoms with Crippen molar-refractivity contribution in [2.75, 3.05) is 11.9 Å². The number of anilines is 1. The third-order valence-corrected chi connectivity index (χ3v) is 2.06. The lowest BCUT2D eigenvalue weighted by molar-refractivity contribution is 0.410. The minimum absolute atomic E-state index is 0.157. The fraction of sp³-hybridized carbons (Fsp3) is 0.333. The molecule has 0 radical (unpaired) electrons. The van der Waals surface area contributed by atoms with Crippen LogP contribution >= 0.6 is 0 Å². The van der Waals surface area contributed by atoms with E-state index in [1.165, 1.54) is 11.0 Å². The fourth-order valence-corrected chi connectivity index (χ4v) is 1.21. The predicted molar refractivity (Wildman–Crippen MR) is 56.0 cm³/mol. The average Bonchev–Trinajstić information content (AvgIpc) is 2.77. The molecule has 7 nitrogen and oxygen atoms in total. The van der Waals surface area contributed by atoms with Gasteiger partial charge in [-0.05, 0) is 0 Å². The Kier molecular flexibility index (Phi) is 2.95. The Morgan fingerprint density at radius 2 is 2.38 bits per heavy atom. The number of nitrogens with one attached hydrogen (secondary N) is 1. The predicted octanol–water partition coefficient (Wildman–Crippen LogP) is -0.182. The summed E-state index contributed by atoms with van der Waals surface area (Å²) in [7, 11) is 1.67. The fourth-order valence-electron chi connectivity index (χ4n) is 1.21. The number of aromatic nitrogens is 4. The molecule has 0 aliphatic rings. The molecule has 0 atom stereocenters. The van der Waals surface area contributed by atoms with Crippen LogP contribution < -0.4 is 10.9 Å². The second kappa shape index (κ2) is 4.56. The SMILES string of the molecule is Cn1ccnc(NCCc2ncon2)c1=O. The molecular formula is C9H11N5O2. The maximum atomic E-state index is 11.5. The van der Waals surface area contributed by atoms with Gasteiger partial charge in [-0.2, -0.15) is 4.98 Å². The molecule has 84 valence electrons. The van der Waals surface area contributed by atoms with Crippen molar-refractivity contribution in [3.8, 4) is 0 Å². The van der Waals surface area contributed by atoms with E-state index in [2.05, 4.69) is 25.0 Å². The van der Waals surface area contributed by atoms with Gasteiger partial charge in [0.1, 0.15) is 0 Å². The lowest BCUT2D eigenvalue weighted by Crippen LogP contribution is -2.22. The molecule has 0 saturated heterocycles. The van der Waals surface area contributed by atoms with Crippen molar-refractivity contribution in [3.63, 3.8) is 0 Å². The molecule has 0 unspecified atom stereocenters. The van der Waals surface area contributed by atoms with Crippen LogP contribution in [-0.4, -0.2) is 26.2 Å². The maximum absolute atomic E-state index is 11.5. The van der Waals surface area contributed by atoms with Gasteiger partial charge in [0.05, 0.1) is 0 Å². The van der Waals surface area contributed by atoms with Gasteiger partial charge >= 0.3 is 0 Å². The molecule has 0 spiro atoms. The lowest BCUT2D eigenvalue weighted by Gasteiger charge is -2.03. The van der Waals surface area contributed by atoms with Crippen molar-refractivity contribution in [1.29, 1.82) is 0 Å². The Bertz CT molecular complexity index is 505. The van der Waals surface area contributed by atoms with E-state index in [-0.39, 0.29) is 5.56 Å². The molecule has 0 aromatic carbocycles. The van der Waals surface area contributed by atoms with Gasteiger partial charge in [-0.15, -0.1) is 0 Å². The van der Waals surface area contributed by atoms with Crippen LogP contribution in [0.25, 0.3) is 0 Å². The molecule has 0 aliphatic carbocycles. The molecule has 0 amide bonds. The van der Waals surface area contributed by atoms with E-state index in [4.69, 9.17) is 0 Å². The second-order valence-electron chi connectivity index (χ2n) is 3.22. The Morgan fingerprint density at radius 3 is 3.12 bits per heavy atom. The Labute approximate surface area is 91.1 Å². The number of nitrogens with zero attached hydrogens (tertiary/aromatic N) is 4. The summed E-state index contributed by atoms with van der Waals surface area (Å²) in [6.07, 6.45) is 5.02. The molecule has 0 aliphatic heterocycles. The van der Waals surface area contributed by atoms with Crippen LogP contribution in [0.2, 0.25) is 0 Å². The number of hydrogen-bond acceptors (Lipinski definition) is 6. The molecule has 2 rings (SSSR count). The van der Waals surface area contributed by atoms with Gasteiger partial charge < -0.3 is 14.4 Å². The highest BCUT2D eigenvalue weighted by Gasteiger charge is 2.02. The van der Waals surface area contributed by atoms with E-state index >= 15 is 0 Å². The van der Waals surface area contributed by atoms with E-state index in [0.717, 1.165) is 0 Å².